The summed E-state index contributed by atoms with van der Waals surface area (Å²) in [6.07, 6.45) is 4.29. The van der Waals surface area contributed by atoms with Gasteiger partial charge in [0.15, 0.2) is 0 Å². The van der Waals surface area contributed by atoms with Crippen molar-refractivity contribution >= 4 is 11.9 Å². The van der Waals surface area contributed by atoms with Gasteiger partial charge >= 0.3 is 11.9 Å². The molecule has 6 nitrogen and oxygen atoms in total. The van der Waals surface area contributed by atoms with Crippen molar-refractivity contribution in [1.29, 1.82) is 0 Å². The number of hydrogen-bond donors (Lipinski definition) is 4. The maximum atomic E-state index is 10.5. The highest BCUT2D eigenvalue weighted by atomic mass is 16.4. The quantitative estimate of drug-likeness (QED) is 0.336. The van der Waals surface area contributed by atoms with Crippen LogP contribution in [0.5, 0.6) is 0 Å². The molecule has 0 heterocycles. The Hall–Kier alpha value is -2.70. The van der Waals surface area contributed by atoms with Crippen molar-refractivity contribution in [3.05, 3.63) is 71.8 Å². The topological polar surface area (TPSA) is 115 Å². The number of hydrogen-bond acceptors (Lipinski definition) is 4. The van der Waals surface area contributed by atoms with Gasteiger partial charge in [-0.05, 0) is 68.2 Å². The Morgan fingerprint density at radius 3 is 1.33 bits per heavy atom. The first-order valence-corrected chi connectivity index (χ1v) is 11.4. The highest BCUT2D eigenvalue weighted by Crippen LogP contribution is 2.29. The van der Waals surface area contributed by atoms with Crippen LogP contribution in [0.3, 0.4) is 0 Å². The average Bonchev–Trinajstić information content (AvgIpc) is 2.75. The molecule has 0 amide bonds. The number of aromatic carboxylic acids is 2. The fraction of sp³-hybridized carbons (Fsp3) is 0.481. The zero-order chi connectivity index (χ0) is 25.3. The molecule has 0 aromatic heterocycles. The third-order valence-corrected chi connectivity index (χ3v) is 4.67. The van der Waals surface area contributed by atoms with Crippen molar-refractivity contribution in [2.24, 2.45) is 11.8 Å². The number of carboxylic acid groups (broad SMARTS) is 2. The Labute approximate surface area is 197 Å². The van der Waals surface area contributed by atoms with E-state index >= 15 is 0 Å². The van der Waals surface area contributed by atoms with Gasteiger partial charge in [0.05, 0.1) is 16.7 Å². The van der Waals surface area contributed by atoms with Crippen molar-refractivity contribution in [2.75, 3.05) is 6.61 Å². The summed E-state index contributed by atoms with van der Waals surface area (Å²) in [6.45, 7) is 8.84. The Bertz CT molecular complexity index is 712. The third-order valence-electron chi connectivity index (χ3n) is 4.67. The lowest BCUT2D eigenvalue weighted by Crippen LogP contribution is -2.32. The molecule has 0 spiro atoms. The molecule has 0 saturated carbocycles. The minimum atomic E-state index is -0.879. The van der Waals surface area contributed by atoms with E-state index < -0.39 is 17.5 Å². The molecular weight excluding hydrogens is 420 g/mol. The molecule has 2 aromatic carbocycles. The molecule has 0 fully saturated rings. The van der Waals surface area contributed by atoms with Gasteiger partial charge in [-0.15, -0.1) is 0 Å². The summed E-state index contributed by atoms with van der Waals surface area (Å²) in [5.74, 6) is -0.697. The largest absolute Gasteiger partial charge is 0.478 e. The number of aliphatic hydroxyl groups excluding tert-OH is 1. The minimum Gasteiger partial charge on any atom is -0.478 e. The van der Waals surface area contributed by atoms with Crippen LogP contribution in [-0.2, 0) is 0 Å². The van der Waals surface area contributed by atoms with E-state index in [2.05, 4.69) is 27.7 Å². The Kier molecular flexibility index (Phi) is 15.5. The summed E-state index contributed by atoms with van der Waals surface area (Å²) in [5.41, 5.74) is 0.146. The normalized spacial score (nSPS) is 10.7. The van der Waals surface area contributed by atoms with Crippen LogP contribution >= 0.6 is 0 Å². The van der Waals surface area contributed by atoms with E-state index in [1.165, 1.54) is 0 Å². The van der Waals surface area contributed by atoms with Crippen molar-refractivity contribution in [2.45, 2.75) is 65.4 Å². The van der Waals surface area contributed by atoms with Gasteiger partial charge in [-0.3, -0.25) is 0 Å². The zero-order valence-corrected chi connectivity index (χ0v) is 20.3. The van der Waals surface area contributed by atoms with E-state index in [9.17, 15) is 14.7 Å². The van der Waals surface area contributed by atoms with Crippen molar-refractivity contribution < 1.29 is 30.0 Å². The monoisotopic (exact) mass is 460 g/mol. The van der Waals surface area contributed by atoms with Crippen LogP contribution in [0.1, 0.15) is 80.5 Å². The number of carbonyl (C=O) groups is 2. The van der Waals surface area contributed by atoms with Gasteiger partial charge in [0, 0.05) is 6.61 Å². The molecule has 2 rings (SSSR count). The molecule has 0 aliphatic heterocycles. The molecule has 6 heteroatoms. The number of carboxylic acids is 2. The second-order valence-corrected chi connectivity index (χ2v) is 8.94. The number of unbranched alkanes of at least 4 members (excludes halogenated alkanes) is 1. The smallest absolute Gasteiger partial charge is 0.335 e. The van der Waals surface area contributed by atoms with Gasteiger partial charge < -0.3 is 20.4 Å². The maximum Gasteiger partial charge on any atom is 0.335 e. The SMILES string of the molecule is CC(C)CC(O)(CCCCO)CC(C)C.O=C(O)c1ccccc1.O=C(O)c1ccccc1. The Morgan fingerprint density at radius 2 is 1.09 bits per heavy atom. The minimum absolute atomic E-state index is 0.236. The fourth-order valence-electron chi connectivity index (χ4n) is 3.53. The molecule has 0 unspecified atom stereocenters. The van der Waals surface area contributed by atoms with Crippen LogP contribution in [0.2, 0.25) is 0 Å². The Balaban J connectivity index is 0.000000489. The van der Waals surface area contributed by atoms with Gasteiger partial charge in [0.1, 0.15) is 0 Å². The Morgan fingerprint density at radius 1 is 0.727 bits per heavy atom. The van der Waals surface area contributed by atoms with Crippen LogP contribution in [0, 0.1) is 11.8 Å². The first-order chi connectivity index (χ1) is 15.5. The maximum absolute atomic E-state index is 10.5. The summed E-state index contributed by atoms with van der Waals surface area (Å²) in [7, 11) is 0. The van der Waals surface area contributed by atoms with Crippen molar-refractivity contribution in [3.63, 3.8) is 0 Å². The molecule has 0 saturated heterocycles. The molecule has 0 radical (unpaired) electrons. The predicted molar refractivity (Wildman–Crippen MR) is 132 cm³/mol. The first kappa shape index (κ1) is 30.3. The zero-order valence-electron chi connectivity index (χ0n) is 20.3. The average molecular weight is 461 g/mol. The molecule has 184 valence electrons. The fourth-order valence-corrected chi connectivity index (χ4v) is 3.53. The van der Waals surface area contributed by atoms with E-state index in [0.717, 1.165) is 32.1 Å². The van der Waals surface area contributed by atoms with Gasteiger partial charge in [-0.25, -0.2) is 9.59 Å². The van der Waals surface area contributed by atoms with Gasteiger partial charge in [-0.2, -0.15) is 0 Å². The van der Waals surface area contributed by atoms with Gasteiger partial charge in [0.2, 0.25) is 0 Å². The summed E-state index contributed by atoms with van der Waals surface area (Å²) in [6, 6.07) is 16.6. The molecule has 0 aliphatic rings. The molecule has 33 heavy (non-hydrogen) atoms. The number of benzene rings is 2. The summed E-state index contributed by atoms with van der Waals surface area (Å²) >= 11 is 0. The predicted octanol–water partition coefficient (Wildman–Crippen LogP) is 5.74. The van der Waals surface area contributed by atoms with Crippen LogP contribution in [-0.4, -0.2) is 44.6 Å². The van der Waals surface area contributed by atoms with Gasteiger partial charge in [-0.1, -0.05) is 64.1 Å². The molecule has 0 aliphatic carbocycles. The molecule has 2 aromatic rings. The highest BCUT2D eigenvalue weighted by Gasteiger charge is 2.28. The molecular formula is C27H40O6. The first-order valence-electron chi connectivity index (χ1n) is 11.4. The summed E-state index contributed by atoms with van der Waals surface area (Å²) in [5, 5.41) is 36.0. The lowest BCUT2D eigenvalue weighted by Gasteiger charge is -2.31. The van der Waals surface area contributed by atoms with Gasteiger partial charge in [0.25, 0.3) is 0 Å². The lowest BCUT2D eigenvalue weighted by atomic mass is 9.81. The van der Waals surface area contributed by atoms with Crippen molar-refractivity contribution in [3.8, 4) is 0 Å². The van der Waals surface area contributed by atoms with Crippen LogP contribution in [0.25, 0.3) is 0 Å². The standard InChI is InChI=1S/C13H28O2.2C7H6O2/c1-11(2)9-13(15,10-12(3)4)7-5-6-8-14;2*8-7(9)6-4-2-1-3-5-6/h11-12,14-15H,5-10H2,1-4H3;2*1-5H,(H,8,9). The summed E-state index contributed by atoms with van der Waals surface area (Å²) in [4.78, 5) is 20.4. The third kappa shape index (κ3) is 15.7. The highest BCUT2D eigenvalue weighted by molar-refractivity contribution is 5.87. The lowest BCUT2D eigenvalue weighted by molar-refractivity contribution is -0.0101. The van der Waals surface area contributed by atoms with Crippen LogP contribution in [0.15, 0.2) is 60.7 Å². The second kappa shape index (κ2) is 16.9. The number of rotatable bonds is 10. The van der Waals surface area contributed by atoms with E-state index in [-0.39, 0.29) is 6.61 Å². The van der Waals surface area contributed by atoms with E-state index in [0.29, 0.717) is 23.0 Å². The second-order valence-electron chi connectivity index (χ2n) is 8.94. The molecule has 0 atom stereocenters. The van der Waals surface area contributed by atoms with Crippen molar-refractivity contribution in [1.82, 2.24) is 0 Å². The molecule has 0 bridgehead atoms. The van der Waals surface area contributed by atoms with E-state index in [1.54, 1.807) is 60.7 Å². The van der Waals surface area contributed by atoms with E-state index in [1.807, 2.05) is 0 Å². The van der Waals surface area contributed by atoms with Crippen LogP contribution in [0.4, 0.5) is 0 Å². The number of aliphatic hydroxyl groups is 2. The summed E-state index contributed by atoms with van der Waals surface area (Å²) < 4.78 is 0. The molecule has 4 N–H and O–H groups in total. The van der Waals surface area contributed by atoms with Crippen LogP contribution < -0.4 is 0 Å². The van der Waals surface area contributed by atoms with E-state index in [4.69, 9.17) is 15.3 Å².